The third-order valence-electron chi connectivity index (χ3n) is 5.18. The van der Waals surface area contributed by atoms with Gasteiger partial charge in [0.15, 0.2) is 0 Å². The third kappa shape index (κ3) is 7.27. The Labute approximate surface area is 204 Å². The van der Waals surface area contributed by atoms with Crippen LogP contribution in [0, 0.1) is 0 Å². The van der Waals surface area contributed by atoms with Gasteiger partial charge in [0.1, 0.15) is 11.8 Å². The van der Waals surface area contributed by atoms with Gasteiger partial charge in [-0.05, 0) is 47.5 Å². The summed E-state index contributed by atoms with van der Waals surface area (Å²) in [6.45, 7) is 0.294. The number of amides is 2. The van der Waals surface area contributed by atoms with Crippen molar-refractivity contribution in [1.82, 2.24) is 10.2 Å². The molecule has 0 saturated heterocycles. The zero-order valence-corrected chi connectivity index (χ0v) is 20.2. The fourth-order valence-electron chi connectivity index (χ4n) is 3.45. The number of benzene rings is 3. The number of likely N-dealkylation sites (N-methyl/N-ethyl adjacent to an activating group) is 1. The van der Waals surface area contributed by atoms with E-state index in [0.717, 1.165) is 16.0 Å². The molecule has 0 aliphatic rings. The van der Waals surface area contributed by atoms with Gasteiger partial charge in [0, 0.05) is 29.9 Å². The number of carbonyl (C=O) groups excluding carboxylic acids is 2. The highest BCUT2D eigenvalue weighted by Crippen LogP contribution is 2.23. The van der Waals surface area contributed by atoms with Crippen LogP contribution in [0.3, 0.4) is 0 Å². The molecular weight excluding hydrogens is 456 g/mol. The van der Waals surface area contributed by atoms with E-state index in [1.165, 1.54) is 11.8 Å². The Morgan fingerprint density at radius 2 is 1.70 bits per heavy atom. The molecular formula is C26H27ClN2O3S. The molecule has 0 aromatic heterocycles. The van der Waals surface area contributed by atoms with E-state index in [0.29, 0.717) is 23.7 Å². The highest BCUT2D eigenvalue weighted by molar-refractivity contribution is 8.00. The zero-order chi connectivity index (χ0) is 23.6. The maximum Gasteiger partial charge on any atom is 0.242 e. The average molecular weight is 483 g/mol. The van der Waals surface area contributed by atoms with Gasteiger partial charge in [0.05, 0.1) is 12.9 Å². The number of methoxy groups -OCH3 is 1. The summed E-state index contributed by atoms with van der Waals surface area (Å²) in [4.78, 5) is 29.0. The first-order chi connectivity index (χ1) is 16.0. The van der Waals surface area contributed by atoms with Crippen molar-refractivity contribution in [2.75, 3.05) is 19.9 Å². The van der Waals surface area contributed by atoms with Crippen molar-refractivity contribution in [2.45, 2.75) is 23.9 Å². The van der Waals surface area contributed by atoms with Gasteiger partial charge in [-0.25, -0.2) is 0 Å². The first-order valence-corrected chi connectivity index (χ1v) is 11.9. The van der Waals surface area contributed by atoms with Crippen LogP contribution in [-0.2, 0) is 22.6 Å². The summed E-state index contributed by atoms with van der Waals surface area (Å²) in [7, 11) is 3.20. The second-order valence-corrected chi connectivity index (χ2v) is 8.92. The molecule has 0 aliphatic carbocycles. The molecule has 2 amide bonds. The number of nitrogens with zero attached hydrogens (tertiary/aromatic N) is 1. The van der Waals surface area contributed by atoms with Crippen LogP contribution in [0.15, 0.2) is 83.8 Å². The highest BCUT2D eigenvalue weighted by atomic mass is 35.5. The number of nitrogens with one attached hydrogen (secondary N) is 1. The van der Waals surface area contributed by atoms with Crippen molar-refractivity contribution >= 4 is 35.2 Å². The molecule has 1 N–H and O–H groups in total. The van der Waals surface area contributed by atoms with Gasteiger partial charge in [-0.2, -0.15) is 0 Å². The van der Waals surface area contributed by atoms with Gasteiger partial charge < -0.3 is 15.0 Å². The van der Waals surface area contributed by atoms with Crippen LogP contribution in [-0.4, -0.2) is 42.7 Å². The van der Waals surface area contributed by atoms with Crippen molar-refractivity contribution in [3.63, 3.8) is 0 Å². The Morgan fingerprint density at radius 1 is 1.00 bits per heavy atom. The molecule has 1 unspecified atom stereocenters. The van der Waals surface area contributed by atoms with E-state index in [1.807, 2.05) is 66.7 Å². The molecule has 3 aromatic carbocycles. The molecule has 0 heterocycles. The second kappa shape index (κ2) is 12.3. The van der Waals surface area contributed by atoms with Gasteiger partial charge in [-0.1, -0.05) is 54.1 Å². The number of halogens is 1. The number of rotatable bonds is 10. The van der Waals surface area contributed by atoms with Crippen molar-refractivity contribution in [3.05, 3.63) is 95.0 Å². The predicted molar refractivity (Wildman–Crippen MR) is 134 cm³/mol. The van der Waals surface area contributed by atoms with Gasteiger partial charge >= 0.3 is 0 Å². The summed E-state index contributed by atoms with van der Waals surface area (Å²) >= 11 is 7.39. The molecule has 0 radical (unpaired) electrons. The quantitative estimate of drug-likeness (QED) is 0.420. The molecule has 0 spiro atoms. The largest absolute Gasteiger partial charge is 0.497 e. The lowest BCUT2D eigenvalue weighted by Crippen LogP contribution is -2.50. The number of thioether (sulfide) groups is 1. The molecule has 5 nitrogen and oxygen atoms in total. The molecule has 3 rings (SSSR count). The van der Waals surface area contributed by atoms with Crippen molar-refractivity contribution in [3.8, 4) is 5.75 Å². The van der Waals surface area contributed by atoms with Gasteiger partial charge in [-0.15, -0.1) is 11.8 Å². The van der Waals surface area contributed by atoms with Crippen molar-refractivity contribution in [1.29, 1.82) is 0 Å². The topological polar surface area (TPSA) is 58.6 Å². The lowest BCUT2D eigenvalue weighted by atomic mass is 10.0. The maximum absolute atomic E-state index is 13.5. The zero-order valence-electron chi connectivity index (χ0n) is 18.7. The summed E-state index contributed by atoms with van der Waals surface area (Å²) in [5.41, 5.74) is 1.88. The fraction of sp³-hybridized carbons (Fsp3) is 0.231. The molecule has 0 saturated carbocycles. The maximum atomic E-state index is 13.5. The Morgan fingerprint density at radius 3 is 2.36 bits per heavy atom. The summed E-state index contributed by atoms with van der Waals surface area (Å²) in [6, 6.07) is 24.0. The van der Waals surface area contributed by atoms with Gasteiger partial charge in [0.2, 0.25) is 11.8 Å². The summed E-state index contributed by atoms with van der Waals surface area (Å²) in [6.07, 6.45) is 0.418. The molecule has 172 valence electrons. The Hall–Kier alpha value is -2.96. The van der Waals surface area contributed by atoms with Crippen molar-refractivity contribution < 1.29 is 14.3 Å². The van der Waals surface area contributed by atoms with Gasteiger partial charge in [0.25, 0.3) is 0 Å². The fourth-order valence-corrected chi connectivity index (χ4v) is 4.36. The van der Waals surface area contributed by atoms with E-state index in [4.69, 9.17) is 16.3 Å². The Kier molecular flexibility index (Phi) is 9.22. The average Bonchev–Trinajstić information content (AvgIpc) is 2.86. The van der Waals surface area contributed by atoms with Crippen LogP contribution in [0.1, 0.15) is 11.1 Å². The number of ether oxygens (including phenoxy) is 1. The summed E-state index contributed by atoms with van der Waals surface area (Å²) in [5.74, 6) is 0.581. The van der Waals surface area contributed by atoms with E-state index in [1.54, 1.807) is 31.2 Å². The monoisotopic (exact) mass is 482 g/mol. The number of hydrogen-bond acceptors (Lipinski definition) is 4. The molecule has 33 heavy (non-hydrogen) atoms. The lowest BCUT2D eigenvalue weighted by molar-refractivity contribution is -0.139. The Bertz CT molecular complexity index is 1060. The molecule has 0 aliphatic heterocycles. The van der Waals surface area contributed by atoms with E-state index in [2.05, 4.69) is 5.32 Å². The van der Waals surface area contributed by atoms with Crippen LogP contribution in [0.25, 0.3) is 0 Å². The number of hydrogen-bond donors (Lipinski definition) is 1. The Balaban J connectivity index is 1.87. The molecule has 3 aromatic rings. The summed E-state index contributed by atoms with van der Waals surface area (Å²) in [5, 5.41) is 3.38. The lowest BCUT2D eigenvalue weighted by Gasteiger charge is -2.31. The minimum Gasteiger partial charge on any atom is -0.497 e. The normalized spacial score (nSPS) is 11.5. The van der Waals surface area contributed by atoms with Crippen LogP contribution in [0.5, 0.6) is 5.75 Å². The van der Waals surface area contributed by atoms with E-state index in [-0.39, 0.29) is 17.6 Å². The van der Waals surface area contributed by atoms with Crippen molar-refractivity contribution in [2.24, 2.45) is 0 Å². The van der Waals surface area contributed by atoms with Crippen LogP contribution in [0.4, 0.5) is 0 Å². The minimum absolute atomic E-state index is 0.123. The van der Waals surface area contributed by atoms with Gasteiger partial charge in [-0.3, -0.25) is 9.59 Å². The highest BCUT2D eigenvalue weighted by Gasteiger charge is 2.29. The van der Waals surface area contributed by atoms with E-state index in [9.17, 15) is 9.59 Å². The summed E-state index contributed by atoms with van der Waals surface area (Å²) < 4.78 is 5.34. The minimum atomic E-state index is -0.651. The van der Waals surface area contributed by atoms with Crippen LogP contribution in [0.2, 0.25) is 5.02 Å². The second-order valence-electron chi connectivity index (χ2n) is 7.44. The molecule has 0 fully saturated rings. The van der Waals surface area contributed by atoms with Crippen LogP contribution >= 0.6 is 23.4 Å². The predicted octanol–water partition coefficient (Wildman–Crippen LogP) is 4.83. The third-order valence-corrected chi connectivity index (χ3v) is 6.43. The number of carbonyl (C=O) groups is 2. The SMILES string of the molecule is CNC(=O)C(Cc1ccccc1)N(Cc1cccc(OC)c1)C(=O)CSc1ccc(Cl)cc1. The first kappa shape index (κ1) is 24.7. The smallest absolute Gasteiger partial charge is 0.242 e. The molecule has 7 heteroatoms. The first-order valence-electron chi connectivity index (χ1n) is 10.6. The molecule has 0 bridgehead atoms. The standard InChI is InChI=1S/C26H27ClN2O3S/c1-28-26(31)24(16-19-7-4-3-5-8-19)29(17-20-9-6-10-22(15-20)32-2)25(30)18-33-23-13-11-21(27)12-14-23/h3-15,24H,16-18H2,1-2H3,(H,28,31). The van der Waals surface area contributed by atoms with E-state index >= 15 is 0 Å². The van der Waals surface area contributed by atoms with E-state index < -0.39 is 6.04 Å². The molecule has 1 atom stereocenters. The van der Waals surface area contributed by atoms with Crippen LogP contribution < -0.4 is 10.1 Å².